The third kappa shape index (κ3) is 13.1. The van der Waals surface area contributed by atoms with Crippen molar-refractivity contribution in [1.29, 1.82) is 0 Å². The highest BCUT2D eigenvalue weighted by Gasteiger charge is 2.31. The van der Waals surface area contributed by atoms with Crippen molar-refractivity contribution in [2.24, 2.45) is 11.7 Å². The van der Waals surface area contributed by atoms with Crippen LogP contribution in [0.3, 0.4) is 0 Å². The SMILES string of the molecule is CCC(CC)C(=O)NCC(F)C(C)(C)OCCOCCOCCOCCN. The maximum atomic E-state index is 14.4. The fourth-order valence-electron chi connectivity index (χ4n) is 2.32. The van der Waals surface area contributed by atoms with Gasteiger partial charge in [0, 0.05) is 12.5 Å². The summed E-state index contributed by atoms with van der Waals surface area (Å²) < 4.78 is 35.9. The maximum absolute atomic E-state index is 14.4. The first kappa shape index (κ1) is 26.2. The number of hydrogen-bond acceptors (Lipinski definition) is 6. The number of ether oxygens (including phenoxy) is 4. The molecule has 0 heterocycles. The molecule has 0 fully saturated rings. The molecule has 0 aliphatic heterocycles. The summed E-state index contributed by atoms with van der Waals surface area (Å²) in [6.07, 6.45) is 0.203. The summed E-state index contributed by atoms with van der Waals surface area (Å²) in [4.78, 5) is 11.9. The van der Waals surface area contributed by atoms with Gasteiger partial charge in [-0.1, -0.05) is 13.8 Å². The molecular weight excluding hydrogens is 355 g/mol. The molecule has 0 aliphatic carbocycles. The Bertz CT molecular complexity index is 368. The lowest BCUT2D eigenvalue weighted by Crippen LogP contribution is -2.45. The maximum Gasteiger partial charge on any atom is 0.223 e. The summed E-state index contributed by atoms with van der Waals surface area (Å²) in [5, 5.41) is 2.67. The van der Waals surface area contributed by atoms with Crippen LogP contribution in [0.5, 0.6) is 0 Å². The molecule has 0 rings (SSSR count). The zero-order valence-corrected chi connectivity index (χ0v) is 17.4. The van der Waals surface area contributed by atoms with E-state index in [1.54, 1.807) is 13.8 Å². The predicted octanol–water partition coefficient (Wildman–Crippen LogP) is 1.68. The minimum absolute atomic E-state index is 0.0523. The summed E-state index contributed by atoms with van der Waals surface area (Å²) in [6, 6.07) is 0. The highest BCUT2D eigenvalue weighted by Crippen LogP contribution is 2.18. The Kier molecular flexibility index (Phi) is 15.7. The van der Waals surface area contributed by atoms with Gasteiger partial charge in [-0.05, 0) is 26.7 Å². The van der Waals surface area contributed by atoms with Crippen molar-refractivity contribution in [3.8, 4) is 0 Å². The molecule has 162 valence electrons. The zero-order chi connectivity index (χ0) is 20.5. The van der Waals surface area contributed by atoms with E-state index in [-0.39, 0.29) is 25.0 Å². The Morgan fingerprint density at radius 1 is 0.963 bits per heavy atom. The van der Waals surface area contributed by atoms with E-state index in [0.717, 1.165) is 12.8 Å². The lowest BCUT2D eigenvalue weighted by molar-refractivity contribution is -0.127. The molecule has 1 amide bonds. The van der Waals surface area contributed by atoms with Crippen molar-refractivity contribution in [2.45, 2.75) is 52.3 Å². The van der Waals surface area contributed by atoms with Gasteiger partial charge in [0.2, 0.25) is 5.91 Å². The topological polar surface area (TPSA) is 92.0 Å². The number of carbonyl (C=O) groups excluding carboxylic acids is 1. The number of nitrogens with one attached hydrogen (secondary N) is 1. The molecule has 0 aromatic carbocycles. The molecule has 0 aliphatic rings. The fourth-order valence-corrected chi connectivity index (χ4v) is 2.32. The van der Waals surface area contributed by atoms with E-state index >= 15 is 0 Å². The van der Waals surface area contributed by atoms with Crippen LogP contribution in [0.2, 0.25) is 0 Å². The molecule has 0 radical (unpaired) electrons. The van der Waals surface area contributed by atoms with Gasteiger partial charge in [0.25, 0.3) is 0 Å². The number of carbonyl (C=O) groups is 1. The van der Waals surface area contributed by atoms with Crippen LogP contribution in [0.15, 0.2) is 0 Å². The third-order valence-corrected chi connectivity index (χ3v) is 4.27. The molecule has 0 bridgehead atoms. The second-order valence-electron chi connectivity index (χ2n) is 6.80. The first-order valence-corrected chi connectivity index (χ1v) is 9.88. The molecule has 0 aromatic rings. The van der Waals surface area contributed by atoms with Crippen LogP contribution in [-0.2, 0) is 23.7 Å². The summed E-state index contributed by atoms with van der Waals surface area (Å²) >= 11 is 0. The van der Waals surface area contributed by atoms with Crippen molar-refractivity contribution in [2.75, 3.05) is 59.3 Å². The number of nitrogens with two attached hydrogens (primary N) is 1. The number of hydrogen-bond donors (Lipinski definition) is 2. The number of rotatable bonds is 18. The van der Waals surface area contributed by atoms with Crippen LogP contribution in [-0.4, -0.2) is 77.0 Å². The summed E-state index contributed by atoms with van der Waals surface area (Å²) in [7, 11) is 0. The van der Waals surface area contributed by atoms with Crippen molar-refractivity contribution in [1.82, 2.24) is 5.32 Å². The van der Waals surface area contributed by atoms with Crippen molar-refractivity contribution in [3.05, 3.63) is 0 Å². The summed E-state index contributed by atoms with van der Waals surface area (Å²) in [6.45, 7) is 10.8. The minimum atomic E-state index is -1.30. The van der Waals surface area contributed by atoms with E-state index in [0.29, 0.717) is 46.2 Å². The molecular formula is C19H39FN2O5. The Hall–Kier alpha value is -0.800. The van der Waals surface area contributed by atoms with Crippen LogP contribution >= 0.6 is 0 Å². The van der Waals surface area contributed by atoms with Crippen LogP contribution < -0.4 is 11.1 Å². The van der Waals surface area contributed by atoms with Gasteiger partial charge in [0.15, 0.2) is 0 Å². The molecule has 0 saturated carbocycles. The molecule has 27 heavy (non-hydrogen) atoms. The van der Waals surface area contributed by atoms with Crippen molar-refractivity contribution >= 4 is 5.91 Å². The van der Waals surface area contributed by atoms with Crippen LogP contribution in [0.25, 0.3) is 0 Å². The molecule has 0 spiro atoms. The lowest BCUT2D eigenvalue weighted by atomic mass is 10.0. The number of amides is 1. The molecule has 3 N–H and O–H groups in total. The van der Waals surface area contributed by atoms with Gasteiger partial charge in [-0.2, -0.15) is 0 Å². The van der Waals surface area contributed by atoms with E-state index in [2.05, 4.69) is 5.32 Å². The van der Waals surface area contributed by atoms with Gasteiger partial charge in [-0.3, -0.25) is 4.79 Å². The second kappa shape index (κ2) is 16.2. The van der Waals surface area contributed by atoms with Gasteiger partial charge in [0.05, 0.1) is 58.4 Å². The second-order valence-corrected chi connectivity index (χ2v) is 6.80. The third-order valence-electron chi connectivity index (χ3n) is 4.27. The smallest absolute Gasteiger partial charge is 0.223 e. The molecule has 1 atom stereocenters. The lowest BCUT2D eigenvalue weighted by Gasteiger charge is -2.29. The van der Waals surface area contributed by atoms with E-state index < -0.39 is 11.8 Å². The minimum Gasteiger partial charge on any atom is -0.378 e. The van der Waals surface area contributed by atoms with Gasteiger partial charge in [0.1, 0.15) is 6.17 Å². The van der Waals surface area contributed by atoms with Gasteiger partial charge < -0.3 is 30.0 Å². The van der Waals surface area contributed by atoms with Crippen molar-refractivity contribution in [3.63, 3.8) is 0 Å². The standard InChI is InChI=1S/C19H39FN2O5/c1-5-16(6-2)18(23)22-15-17(20)19(3,4)27-14-13-26-12-11-25-10-9-24-8-7-21/h16-17H,5-15,21H2,1-4H3,(H,22,23). The summed E-state index contributed by atoms with van der Waals surface area (Å²) in [5.41, 5.74) is 4.30. The molecule has 0 saturated heterocycles. The normalized spacial score (nSPS) is 13.1. The monoisotopic (exact) mass is 394 g/mol. The van der Waals surface area contributed by atoms with Crippen molar-refractivity contribution < 1.29 is 28.1 Å². The van der Waals surface area contributed by atoms with E-state index in [1.165, 1.54) is 0 Å². The number of alkyl halides is 1. The predicted molar refractivity (Wildman–Crippen MR) is 104 cm³/mol. The highest BCUT2D eigenvalue weighted by molar-refractivity contribution is 5.78. The van der Waals surface area contributed by atoms with Gasteiger partial charge in [-0.25, -0.2) is 4.39 Å². The molecule has 8 heteroatoms. The Balaban J connectivity index is 3.75. The molecule has 1 unspecified atom stereocenters. The zero-order valence-electron chi connectivity index (χ0n) is 17.4. The average molecular weight is 395 g/mol. The Morgan fingerprint density at radius 2 is 1.44 bits per heavy atom. The first-order valence-electron chi connectivity index (χ1n) is 9.88. The quantitative estimate of drug-likeness (QED) is 0.344. The highest BCUT2D eigenvalue weighted by atomic mass is 19.1. The van der Waals surface area contributed by atoms with Crippen LogP contribution in [0, 0.1) is 5.92 Å². The largest absolute Gasteiger partial charge is 0.378 e. The number of halogens is 1. The first-order chi connectivity index (χ1) is 12.9. The fraction of sp³-hybridized carbons (Fsp3) is 0.947. The van der Waals surface area contributed by atoms with E-state index in [9.17, 15) is 9.18 Å². The van der Waals surface area contributed by atoms with Crippen LogP contribution in [0.4, 0.5) is 4.39 Å². The Labute approximate surface area is 163 Å². The molecule has 0 aromatic heterocycles. The van der Waals surface area contributed by atoms with E-state index in [4.69, 9.17) is 24.7 Å². The summed E-state index contributed by atoms with van der Waals surface area (Å²) in [5.74, 6) is -0.167. The van der Waals surface area contributed by atoms with Crippen LogP contribution in [0.1, 0.15) is 40.5 Å². The van der Waals surface area contributed by atoms with Gasteiger partial charge >= 0.3 is 0 Å². The Morgan fingerprint density at radius 3 is 1.93 bits per heavy atom. The molecule has 7 nitrogen and oxygen atoms in total. The average Bonchev–Trinajstić information content (AvgIpc) is 2.65. The van der Waals surface area contributed by atoms with E-state index in [1.807, 2.05) is 13.8 Å². The van der Waals surface area contributed by atoms with Gasteiger partial charge in [-0.15, -0.1) is 0 Å².